The van der Waals surface area contributed by atoms with Crippen molar-refractivity contribution in [2.75, 3.05) is 25.5 Å². The number of hydrogen-bond acceptors (Lipinski definition) is 6. The Bertz CT molecular complexity index is 1310. The topological polar surface area (TPSA) is 106 Å². The number of fused-ring (bicyclic) bond motifs is 1. The van der Waals surface area contributed by atoms with Crippen molar-refractivity contribution < 1.29 is 22.7 Å². The first kappa shape index (κ1) is 22.9. The normalized spacial score (nSPS) is 15.3. The number of ether oxygens (including phenoxy) is 1. The molecule has 3 aromatic rings. The molecule has 0 aliphatic carbocycles. The molecule has 1 saturated heterocycles. The molecule has 1 aromatic heterocycles. The molecule has 0 unspecified atom stereocenters. The predicted molar refractivity (Wildman–Crippen MR) is 124 cm³/mol. The van der Waals surface area contributed by atoms with E-state index in [1.165, 1.54) is 23.5 Å². The van der Waals surface area contributed by atoms with Crippen molar-refractivity contribution >= 4 is 38.5 Å². The quantitative estimate of drug-likeness (QED) is 0.577. The first-order valence-electron chi connectivity index (χ1n) is 10.7. The summed E-state index contributed by atoms with van der Waals surface area (Å²) in [6, 6.07) is 13.5. The third kappa shape index (κ3) is 4.46. The second-order valence-electron chi connectivity index (χ2n) is 7.98. The molecule has 0 bridgehead atoms. The highest BCUT2D eigenvalue weighted by atomic mass is 32.2. The van der Waals surface area contributed by atoms with Gasteiger partial charge in [0.1, 0.15) is 0 Å². The van der Waals surface area contributed by atoms with E-state index in [0.717, 1.165) is 16.5 Å². The van der Waals surface area contributed by atoms with Crippen LogP contribution in [0.15, 0.2) is 59.6 Å². The molecular formula is C24H25N3O5S. The molecule has 2 aromatic carbocycles. The lowest BCUT2D eigenvalue weighted by Crippen LogP contribution is -2.41. The van der Waals surface area contributed by atoms with Crippen LogP contribution in [0.3, 0.4) is 0 Å². The van der Waals surface area contributed by atoms with Crippen LogP contribution >= 0.6 is 0 Å². The smallest absolute Gasteiger partial charge is 0.339 e. The number of esters is 1. The van der Waals surface area contributed by atoms with Crippen molar-refractivity contribution in [3.05, 3.63) is 65.9 Å². The van der Waals surface area contributed by atoms with Crippen LogP contribution in [-0.4, -0.2) is 49.8 Å². The first-order chi connectivity index (χ1) is 15.8. The number of aromatic nitrogens is 1. The van der Waals surface area contributed by atoms with Gasteiger partial charge in [-0.25, -0.2) is 13.2 Å². The zero-order valence-electron chi connectivity index (χ0n) is 18.4. The summed E-state index contributed by atoms with van der Waals surface area (Å²) < 4.78 is 32.4. The molecule has 0 saturated carbocycles. The molecule has 2 heterocycles. The van der Waals surface area contributed by atoms with Crippen LogP contribution in [0, 0.1) is 12.8 Å². The third-order valence-corrected chi connectivity index (χ3v) is 7.92. The van der Waals surface area contributed by atoms with E-state index in [9.17, 15) is 18.0 Å². The SMILES string of the molecule is COC(=O)c1ccccc1S(=O)(=O)N1CCC(C(=O)Nc2ccc(C)c3ncccc23)CC1. The van der Waals surface area contributed by atoms with Crippen LogP contribution in [0.2, 0.25) is 0 Å². The Morgan fingerprint density at radius 1 is 1.06 bits per heavy atom. The lowest BCUT2D eigenvalue weighted by atomic mass is 9.97. The van der Waals surface area contributed by atoms with Crippen LogP contribution in [0.25, 0.3) is 10.9 Å². The van der Waals surface area contributed by atoms with Gasteiger partial charge in [0.05, 0.1) is 28.8 Å². The monoisotopic (exact) mass is 467 g/mol. The largest absolute Gasteiger partial charge is 0.465 e. The summed E-state index contributed by atoms with van der Waals surface area (Å²) in [5.41, 5.74) is 2.55. The number of methoxy groups -OCH3 is 1. The van der Waals surface area contributed by atoms with Gasteiger partial charge in [-0.2, -0.15) is 4.31 Å². The number of carbonyl (C=O) groups excluding carboxylic acids is 2. The maximum absolute atomic E-state index is 13.2. The summed E-state index contributed by atoms with van der Waals surface area (Å²) in [4.78, 5) is 29.3. The fourth-order valence-electron chi connectivity index (χ4n) is 4.13. The molecule has 0 radical (unpaired) electrons. The van der Waals surface area contributed by atoms with E-state index in [1.807, 2.05) is 31.2 Å². The van der Waals surface area contributed by atoms with E-state index in [0.29, 0.717) is 18.5 Å². The Hall–Kier alpha value is -3.30. The summed E-state index contributed by atoms with van der Waals surface area (Å²) in [7, 11) is -2.69. The van der Waals surface area contributed by atoms with Crippen LogP contribution < -0.4 is 5.32 Å². The maximum Gasteiger partial charge on any atom is 0.339 e. The Labute approximate surface area is 192 Å². The highest BCUT2D eigenvalue weighted by Gasteiger charge is 2.34. The fraction of sp³-hybridized carbons (Fsp3) is 0.292. The van der Waals surface area contributed by atoms with Gasteiger partial charge in [0.2, 0.25) is 15.9 Å². The number of rotatable bonds is 5. The number of nitrogens with zero attached hydrogens (tertiary/aromatic N) is 2. The molecule has 33 heavy (non-hydrogen) atoms. The van der Waals surface area contributed by atoms with Gasteiger partial charge in [-0.15, -0.1) is 0 Å². The van der Waals surface area contributed by atoms with Gasteiger partial charge in [0, 0.05) is 30.6 Å². The lowest BCUT2D eigenvalue weighted by molar-refractivity contribution is -0.120. The summed E-state index contributed by atoms with van der Waals surface area (Å²) in [6.07, 6.45) is 2.48. The van der Waals surface area contributed by atoms with Crippen LogP contribution in [0.1, 0.15) is 28.8 Å². The summed E-state index contributed by atoms with van der Waals surface area (Å²) in [5.74, 6) is -1.17. The number of amides is 1. The predicted octanol–water partition coefficient (Wildman–Crippen LogP) is 3.37. The molecule has 172 valence electrons. The molecule has 1 aliphatic heterocycles. The fourth-order valence-corrected chi connectivity index (χ4v) is 5.77. The molecular weight excluding hydrogens is 442 g/mol. The summed E-state index contributed by atoms with van der Waals surface area (Å²) >= 11 is 0. The van der Waals surface area contributed by atoms with Crippen molar-refractivity contribution in [2.45, 2.75) is 24.7 Å². The number of piperidine rings is 1. The number of pyridine rings is 1. The van der Waals surface area contributed by atoms with Gasteiger partial charge in [-0.05, 0) is 55.7 Å². The minimum absolute atomic E-state index is 0.000254. The Morgan fingerprint density at radius 3 is 2.52 bits per heavy atom. The number of hydrogen-bond donors (Lipinski definition) is 1. The van der Waals surface area contributed by atoms with Gasteiger partial charge in [-0.3, -0.25) is 9.78 Å². The molecule has 1 aliphatic rings. The van der Waals surface area contributed by atoms with Crippen molar-refractivity contribution in [3.63, 3.8) is 0 Å². The highest BCUT2D eigenvalue weighted by molar-refractivity contribution is 7.89. The maximum atomic E-state index is 13.2. The molecule has 0 atom stereocenters. The third-order valence-electron chi connectivity index (χ3n) is 5.96. The molecule has 9 heteroatoms. The lowest BCUT2D eigenvalue weighted by Gasteiger charge is -2.31. The van der Waals surface area contributed by atoms with Crippen LogP contribution in [0.4, 0.5) is 5.69 Å². The van der Waals surface area contributed by atoms with E-state index in [1.54, 1.807) is 18.3 Å². The van der Waals surface area contributed by atoms with Crippen molar-refractivity contribution in [1.82, 2.24) is 9.29 Å². The number of carbonyl (C=O) groups is 2. The average molecular weight is 468 g/mol. The highest BCUT2D eigenvalue weighted by Crippen LogP contribution is 2.29. The number of anilines is 1. The zero-order chi connectivity index (χ0) is 23.6. The van der Waals surface area contributed by atoms with E-state index in [4.69, 9.17) is 4.74 Å². The Kier molecular flexibility index (Phi) is 6.44. The van der Waals surface area contributed by atoms with E-state index < -0.39 is 16.0 Å². The summed E-state index contributed by atoms with van der Waals surface area (Å²) in [6.45, 7) is 2.34. The molecule has 8 nitrogen and oxygen atoms in total. The van der Waals surface area contributed by atoms with Gasteiger partial charge in [0.25, 0.3) is 0 Å². The van der Waals surface area contributed by atoms with E-state index in [-0.39, 0.29) is 35.4 Å². The number of nitrogens with one attached hydrogen (secondary N) is 1. The second-order valence-corrected chi connectivity index (χ2v) is 9.89. The first-order valence-corrected chi connectivity index (χ1v) is 12.1. The van der Waals surface area contributed by atoms with Gasteiger partial charge in [0.15, 0.2) is 0 Å². The van der Waals surface area contributed by atoms with Crippen molar-refractivity contribution in [1.29, 1.82) is 0 Å². The minimum Gasteiger partial charge on any atom is -0.465 e. The number of sulfonamides is 1. The summed E-state index contributed by atoms with van der Waals surface area (Å²) in [5, 5.41) is 3.86. The number of aryl methyl sites for hydroxylation is 1. The Balaban J connectivity index is 1.47. The van der Waals surface area contributed by atoms with Crippen molar-refractivity contribution in [3.8, 4) is 0 Å². The molecule has 4 rings (SSSR count). The molecule has 0 spiro atoms. The van der Waals surface area contributed by atoms with Crippen LogP contribution in [-0.2, 0) is 19.6 Å². The Morgan fingerprint density at radius 2 is 1.79 bits per heavy atom. The average Bonchev–Trinajstić information content (AvgIpc) is 2.85. The van der Waals surface area contributed by atoms with E-state index >= 15 is 0 Å². The molecule has 1 amide bonds. The standard InChI is InChI=1S/C24H25N3O5S/c1-16-9-10-20(18-7-5-13-25-22(16)18)26-23(28)17-11-14-27(15-12-17)33(30,31)21-8-4-3-6-19(21)24(29)32-2/h3-10,13,17H,11-12,14-15H2,1-2H3,(H,26,28). The molecule has 1 N–H and O–H groups in total. The second kappa shape index (κ2) is 9.29. The minimum atomic E-state index is -3.90. The number of benzene rings is 2. The van der Waals surface area contributed by atoms with E-state index in [2.05, 4.69) is 10.3 Å². The van der Waals surface area contributed by atoms with Crippen molar-refractivity contribution in [2.24, 2.45) is 5.92 Å². The van der Waals surface area contributed by atoms with Crippen LogP contribution in [0.5, 0.6) is 0 Å². The van der Waals surface area contributed by atoms with Gasteiger partial charge < -0.3 is 10.1 Å². The van der Waals surface area contributed by atoms with Gasteiger partial charge in [-0.1, -0.05) is 18.2 Å². The molecule has 1 fully saturated rings. The zero-order valence-corrected chi connectivity index (χ0v) is 19.3. The van der Waals surface area contributed by atoms with Gasteiger partial charge >= 0.3 is 5.97 Å².